The third kappa shape index (κ3) is 3.15. The van der Waals surface area contributed by atoms with Crippen molar-refractivity contribution in [1.29, 1.82) is 0 Å². The highest BCUT2D eigenvalue weighted by Crippen LogP contribution is 2.44. The maximum Gasteiger partial charge on any atom is 0.240 e. The van der Waals surface area contributed by atoms with Gasteiger partial charge in [0.1, 0.15) is 0 Å². The number of nitrogens with zero attached hydrogens (tertiary/aromatic N) is 1. The van der Waals surface area contributed by atoms with E-state index in [0.717, 1.165) is 11.1 Å². The van der Waals surface area contributed by atoms with Crippen molar-refractivity contribution in [3.63, 3.8) is 0 Å². The SMILES string of the molecule is COc1cc2c(cc1OC)C(C[N+](=O)[O-])(c1ccc(Cl)cc1)OCC2. The molecule has 1 aliphatic rings. The molecule has 25 heavy (non-hydrogen) atoms. The monoisotopic (exact) mass is 363 g/mol. The zero-order chi connectivity index (χ0) is 18.0. The van der Waals surface area contributed by atoms with Gasteiger partial charge in [-0.25, -0.2) is 0 Å². The molecular formula is C18H18ClNO5. The first-order valence-corrected chi connectivity index (χ1v) is 8.15. The van der Waals surface area contributed by atoms with Gasteiger partial charge in [-0.15, -0.1) is 0 Å². The maximum absolute atomic E-state index is 11.4. The number of hydrogen-bond acceptors (Lipinski definition) is 5. The van der Waals surface area contributed by atoms with Crippen LogP contribution in [0.4, 0.5) is 0 Å². The first-order valence-electron chi connectivity index (χ1n) is 7.77. The molecule has 0 amide bonds. The number of halogens is 1. The molecule has 0 aliphatic carbocycles. The Morgan fingerprint density at radius 3 is 2.44 bits per heavy atom. The first kappa shape index (κ1) is 17.5. The second-order valence-corrected chi connectivity index (χ2v) is 6.22. The molecule has 2 aromatic rings. The fourth-order valence-electron chi connectivity index (χ4n) is 3.28. The second kappa shape index (κ2) is 6.90. The molecule has 1 atom stereocenters. The van der Waals surface area contributed by atoms with Crippen LogP contribution in [0, 0.1) is 10.1 Å². The summed E-state index contributed by atoms with van der Waals surface area (Å²) in [6.45, 7) is -0.0178. The summed E-state index contributed by atoms with van der Waals surface area (Å²) in [7, 11) is 3.10. The summed E-state index contributed by atoms with van der Waals surface area (Å²) >= 11 is 5.98. The molecule has 1 heterocycles. The van der Waals surface area contributed by atoms with Crippen molar-refractivity contribution in [2.75, 3.05) is 27.4 Å². The number of hydrogen-bond donors (Lipinski definition) is 0. The van der Waals surface area contributed by atoms with E-state index in [2.05, 4.69) is 0 Å². The summed E-state index contributed by atoms with van der Waals surface area (Å²) in [5.41, 5.74) is 1.15. The molecule has 0 spiro atoms. The third-order valence-electron chi connectivity index (χ3n) is 4.43. The topological polar surface area (TPSA) is 70.8 Å². The summed E-state index contributed by atoms with van der Waals surface area (Å²) in [4.78, 5) is 11.1. The van der Waals surface area contributed by atoms with Gasteiger partial charge in [0.25, 0.3) is 0 Å². The summed E-state index contributed by atoms with van der Waals surface area (Å²) < 4.78 is 16.8. The van der Waals surface area contributed by atoms with E-state index in [4.69, 9.17) is 25.8 Å². The van der Waals surface area contributed by atoms with E-state index in [9.17, 15) is 10.1 Å². The van der Waals surface area contributed by atoms with E-state index in [0.29, 0.717) is 35.1 Å². The number of methoxy groups -OCH3 is 2. The lowest BCUT2D eigenvalue weighted by Crippen LogP contribution is -2.42. The Bertz CT molecular complexity index is 793. The van der Waals surface area contributed by atoms with E-state index in [1.807, 2.05) is 6.07 Å². The molecule has 7 heteroatoms. The van der Waals surface area contributed by atoms with E-state index in [-0.39, 0.29) is 4.92 Å². The molecule has 0 saturated carbocycles. The summed E-state index contributed by atoms with van der Waals surface area (Å²) in [5, 5.41) is 12.0. The lowest BCUT2D eigenvalue weighted by Gasteiger charge is -2.37. The van der Waals surface area contributed by atoms with Crippen LogP contribution in [-0.2, 0) is 16.8 Å². The predicted molar refractivity (Wildman–Crippen MR) is 93.3 cm³/mol. The zero-order valence-electron chi connectivity index (χ0n) is 14.0. The molecule has 1 aliphatic heterocycles. The molecule has 0 N–H and O–H groups in total. The van der Waals surface area contributed by atoms with Gasteiger partial charge in [-0.2, -0.15) is 0 Å². The average molecular weight is 364 g/mol. The fourth-order valence-corrected chi connectivity index (χ4v) is 3.40. The highest BCUT2D eigenvalue weighted by molar-refractivity contribution is 6.30. The minimum Gasteiger partial charge on any atom is -0.493 e. The van der Waals surface area contributed by atoms with Crippen LogP contribution < -0.4 is 9.47 Å². The number of nitro groups is 1. The van der Waals surface area contributed by atoms with Crippen molar-refractivity contribution >= 4 is 11.6 Å². The van der Waals surface area contributed by atoms with Crippen LogP contribution in [0.25, 0.3) is 0 Å². The predicted octanol–water partition coefficient (Wildman–Crippen LogP) is 3.45. The Balaban J connectivity index is 2.24. The van der Waals surface area contributed by atoms with Gasteiger partial charge in [0.15, 0.2) is 17.1 Å². The molecular weight excluding hydrogens is 346 g/mol. The summed E-state index contributed by atoms with van der Waals surface area (Å²) in [6.07, 6.45) is 0.642. The van der Waals surface area contributed by atoms with Crippen molar-refractivity contribution in [3.05, 3.63) is 68.2 Å². The Labute approximate surface area is 150 Å². The van der Waals surface area contributed by atoms with Gasteiger partial charge in [-0.1, -0.05) is 23.7 Å². The van der Waals surface area contributed by atoms with Crippen molar-refractivity contribution in [2.24, 2.45) is 0 Å². The molecule has 6 nitrogen and oxygen atoms in total. The number of ether oxygens (including phenoxy) is 3. The van der Waals surface area contributed by atoms with Gasteiger partial charge in [-0.05, 0) is 41.8 Å². The molecule has 0 aromatic heterocycles. The largest absolute Gasteiger partial charge is 0.493 e. The van der Waals surface area contributed by atoms with Crippen LogP contribution in [0.1, 0.15) is 16.7 Å². The molecule has 0 bridgehead atoms. The quantitative estimate of drug-likeness (QED) is 0.601. The lowest BCUT2D eigenvalue weighted by atomic mass is 9.80. The minimum absolute atomic E-state index is 0.361. The maximum atomic E-state index is 11.4. The van der Waals surface area contributed by atoms with Crippen LogP contribution in [0.2, 0.25) is 5.02 Å². The average Bonchev–Trinajstić information content (AvgIpc) is 2.60. The molecule has 0 fully saturated rings. The fraction of sp³-hybridized carbons (Fsp3) is 0.333. The minimum atomic E-state index is -1.19. The summed E-state index contributed by atoms with van der Waals surface area (Å²) in [6, 6.07) is 10.6. The van der Waals surface area contributed by atoms with E-state index >= 15 is 0 Å². The standard InChI is InChI=1S/C18H18ClNO5/c1-23-16-9-12-7-8-25-18(11-20(21)22,15(12)10-17(16)24-2)13-3-5-14(19)6-4-13/h3-6,9-10H,7-8,11H2,1-2H3. The zero-order valence-corrected chi connectivity index (χ0v) is 14.7. The van der Waals surface area contributed by atoms with Crippen molar-refractivity contribution < 1.29 is 19.1 Å². The Hall–Kier alpha value is -2.31. The smallest absolute Gasteiger partial charge is 0.240 e. The van der Waals surface area contributed by atoms with Crippen LogP contribution in [0.15, 0.2) is 36.4 Å². The number of rotatable bonds is 5. The molecule has 132 valence electrons. The Morgan fingerprint density at radius 2 is 1.84 bits per heavy atom. The highest BCUT2D eigenvalue weighted by Gasteiger charge is 2.45. The molecule has 1 unspecified atom stereocenters. The van der Waals surface area contributed by atoms with Crippen molar-refractivity contribution in [1.82, 2.24) is 0 Å². The molecule has 0 saturated heterocycles. The second-order valence-electron chi connectivity index (χ2n) is 5.79. The normalized spacial score (nSPS) is 19.2. The van der Waals surface area contributed by atoms with Crippen LogP contribution in [0.5, 0.6) is 11.5 Å². The Morgan fingerprint density at radius 1 is 1.20 bits per heavy atom. The van der Waals surface area contributed by atoms with Crippen LogP contribution in [0.3, 0.4) is 0 Å². The van der Waals surface area contributed by atoms with Gasteiger partial charge < -0.3 is 14.2 Å². The molecule has 2 aromatic carbocycles. The van der Waals surface area contributed by atoms with Crippen LogP contribution >= 0.6 is 11.6 Å². The van der Waals surface area contributed by atoms with E-state index < -0.39 is 12.1 Å². The van der Waals surface area contributed by atoms with Crippen molar-refractivity contribution in [2.45, 2.75) is 12.0 Å². The van der Waals surface area contributed by atoms with E-state index in [1.165, 1.54) is 7.11 Å². The number of fused-ring (bicyclic) bond motifs is 1. The van der Waals surface area contributed by atoms with Crippen molar-refractivity contribution in [3.8, 4) is 11.5 Å². The van der Waals surface area contributed by atoms with Gasteiger partial charge in [-0.3, -0.25) is 10.1 Å². The van der Waals surface area contributed by atoms with Gasteiger partial charge >= 0.3 is 0 Å². The third-order valence-corrected chi connectivity index (χ3v) is 4.68. The number of benzene rings is 2. The summed E-state index contributed by atoms with van der Waals surface area (Å²) in [5.74, 6) is 1.10. The lowest BCUT2D eigenvalue weighted by molar-refractivity contribution is -0.501. The Kier molecular flexibility index (Phi) is 4.83. The molecule has 3 rings (SSSR count). The first-order chi connectivity index (χ1) is 12.0. The van der Waals surface area contributed by atoms with Crippen LogP contribution in [-0.4, -0.2) is 32.3 Å². The van der Waals surface area contributed by atoms with Gasteiger partial charge in [0.05, 0.1) is 20.8 Å². The molecule has 0 radical (unpaired) electrons. The highest BCUT2D eigenvalue weighted by atomic mass is 35.5. The van der Waals surface area contributed by atoms with E-state index in [1.54, 1.807) is 37.4 Å². The van der Waals surface area contributed by atoms with Gasteiger partial charge in [0, 0.05) is 15.5 Å². The van der Waals surface area contributed by atoms with Gasteiger partial charge in [0.2, 0.25) is 6.54 Å².